The molecule has 0 radical (unpaired) electrons. The summed E-state index contributed by atoms with van der Waals surface area (Å²) in [5.41, 5.74) is 8.11. The zero-order valence-electron chi connectivity index (χ0n) is 10.9. The highest BCUT2D eigenvalue weighted by atomic mass is 32.2. The molecule has 3 N–H and O–H groups in total. The van der Waals surface area contributed by atoms with E-state index in [1.165, 1.54) is 6.07 Å². The van der Waals surface area contributed by atoms with E-state index in [0.29, 0.717) is 11.3 Å². The normalized spacial score (nSPS) is 11.5. The molecule has 0 saturated heterocycles. The summed E-state index contributed by atoms with van der Waals surface area (Å²) < 4.78 is 31.7. The average Bonchev–Trinajstić information content (AvgIpc) is 2.60. The van der Waals surface area contributed by atoms with Crippen molar-refractivity contribution < 1.29 is 12.9 Å². The molecule has 19 heavy (non-hydrogen) atoms. The van der Waals surface area contributed by atoms with Crippen LogP contribution < -0.4 is 10.5 Å². The van der Waals surface area contributed by atoms with Crippen LogP contribution in [0.3, 0.4) is 0 Å². The van der Waals surface area contributed by atoms with Gasteiger partial charge in [-0.25, -0.2) is 13.1 Å². The maximum absolute atomic E-state index is 12.2. The number of nitrogens with zero attached hydrogens (tertiary/aromatic N) is 1. The van der Waals surface area contributed by atoms with Gasteiger partial charge >= 0.3 is 0 Å². The topological polar surface area (TPSA) is 98.2 Å². The van der Waals surface area contributed by atoms with Gasteiger partial charge in [-0.15, -0.1) is 0 Å². The second kappa shape index (κ2) is 4.58. The molecule has 102 valence electrons. The average molecular weight is 281 g/mol. The monoisotopic (exact) mass is 281 g/mol. The third kappa shape index (κ3) is 2.55. The lowest BCUT2D eigenvalue weighted by molar-refractivity contribution is 0.430. The Hall–Kier alpha value is -2.02. The minimum Gasteiger partial charge on any atom is -0.398 e. The number of nitrogens with one attached hydrogen (secondary N) is 1. The van der Waals surface area contributed by atoms with Crippen LogP contribution in [-0.2, 0) is 10.0 Å². The number of benzene rings is 1. The molecule has 0 spiro atoms. The second-order valence-electron chi connectivity index (χ2n) is 4.37. The first kappa shape index (κ1) is 13.4. The third-order valence-electron chi connectivity index (χ3n) is 2.84. The highest BCUT2D eigenvalue weighted by Gasteiger charge is 2.21. The first-order valence-corrected chi connectivity index (χ1v) is 7.11. The molecule has 1 aromatic heterocycles. The molecule has 0 aliphatic heterocycles. The maximum Gasteiger partial charge on any atom is 0.266 e. The van der Waals surface area contributed by atoms with Gasteiger partial charge in [-0.3, -0.25) is 0 Å². The van der Waals surface area contributed by atoms with Gasteiger partial charge in [0.15, 0.2) is 0 Å². The summed E-state index contributed by atoms with van der Waals surface area (Å²) >= 11 is 0. The summed E-state index contributed by atoms with van der Waals surface area (Å²) in [5, 5.41) is 3.70. The smallest absolute Gasteiger partial charge is 0.266 e. The van der Waals surface area contributed by atoms with Crippen molar-refractivity contribution in [2.75, 3.05) is 10.5 Å². The Balaban J connectivity index is 2.41. The molecule has 7 heteroatoms. The molecule has 2 aromatic rings. The summed E-state index contributed by atoms with van der Waals surface area (Å²) in [5.74, 6) is 0.109. The summed E-state index contributed by atoms with van der Waals surface area (Å²) in [6, 6.07) is 4.75. The Labute approximate surface area is 111 Å². The molecule has 0 aliphatic carbocycles. The number of hydrogen-bond donors (Lipinski definition) is 2. The predicted molar refractivity (Wildman–Crippen MR) is 72.4 cm³/mol. The minimum atomic E-state index is -3.78. The summed E-state index contributed by atoms with van der Waals surface area (Å²) in [6.45, 7) is 5.29. The number of hydrogen-bond acceptors (Lipinski definition) is 5. The Morgan fingerprint density at radius 2 is 1.95 bits per heavy atom. The molecule has 6 nitrogen and oxygen atoms in total. The van der Waals surface area contributed by atoms with Crippen molar-refractivity contribution in [3.63, 3.8) is 0 Å². The minimum absolute atomic E-state index is 0.0200. The largest absolute Gasteiger partial charge is 0.398 e. The molecule has 0 atom stereocenters. The van der Waals surface area contributed by atoms with Crippen molar-refractivity contribution in [3.05, 3.63) is 35.0 Å². The molecule has 0 bridgehead atoms. The molecular weight excluding hydrogens is 266 g/mol. The second-order valence-corrected chi connectivity index (χ2v) is 6.02. The van der Waals surface area contributed by atoms with E-state index < -0.39 is 10.0 Å². The molecule has 1 aromatic carbocycles. The Bertz CT molecular complexity index is 720. The fraction of sp³-hybridized carbons (Fsp3) is 0.250. The van der Waals surface area contributed by atoms with Crippen molar-refractivity contribution in [2.24, 2.45) is 0 Å². The fourth-order valence-corrected chi connectivity index (χ4v) is 2.76. The first-order valence-electron chi connectivity index (χ1n) is 5.63. The van der Waals surface area contributed by atoms with Crippen LogP contribution in [0.1, 0.15) is 16.8 Å². The highest BCUT2D eigenvalue weighted by Crippen LogP contribution is 2.25. The lowest BCUT2D eigenvalue weighted by atomic mass is 10.2. The Morgan fingerprint density at radius 1 is 1.26 bits per heavy atom. The number of sulfonamides is 1. The van der Waals surface area contributed by atoms with E-state index in [9.17, 15) is 8.42 Å². The van der Waals surface area contributed by atoms with Crippen LogP contribution in [0, 0.1) is 20.8 Å². The van der Waals surface area contributed by atoms with Crippen LogP contribution in [0.5, 0.6) is 0 Å². The zero-order chi connectivity index (χ0) is 14.2. The van der Waals surface area contributed by atoms with Crippen LogP contribution in [0.4, 0.5) is 11.6 Å². The van der Waals surface area contributed by atoms with E-state index in [0.717, 1.165) is 5.56 Å². The molecule has 0 fully saturated rings. The number of rotatable bonds is 3. The molecule has 0 saturated carbocycles. The van der Waals surface area contributed by atoms with Gasteiger partial charge in [-0.05, 0) is 38.5 Å². The van der Waals surface area contributed by atoms with Crippen molar-refractivity contribution in [1.29, 1.82) is 0 Å². The Kier molecular flexibility index (Phi) is 3.23. The molecule has 0 unspecified atom stereocenters. The van der Waals surface area contributed by atoms with Gasteiger partial charge in [0.05, 0.1) is 11.4 Å². The lowest BCUT2D eigenvalue weighted by Gasteiger charge is -2.08. The first-order chi connectivity index (χ1) is 8.81. The zero-order valence-corrected chi connectivity index (χ0v) is 11.7. The highest BCUT2D eigenvalue weighted by molar-refractivity contribution is 7.92. The summed E-state index contributed by atoms with van der Waals surface area (Å²) in [7, 11) is -3.78. The van der Waals surface area contributed by atoms with Gasteiger partial charge in [0.1, 0.15) is 4.90 Å². The van der Waals surface area contributed by atoms with Crippen LogP contribution in [0.25, 0.3) is 0 Å². The van der Waals surface area contributed by atoms with Gasteiger partial charge in [0, 0.05) is 5.56 Å². The molecular formula is C12H15N3O3S. The third-order valence-corrected chi connectivity index (χ3v) is 4.24. The lowest BCUT2D eigenvalue weighted by Crippen LogP contribution is -2.15. The van der Waals surface area contributed by atoms with Gasteiger partial charge < -0.3 is 10.3 Å². The standard InChI is InChI=1S/C12H15N3O3S/c1-7-4-5-11(10(13)6-7)19(16,17)15-12-8(2)9(3)14-18-12/h4-6,15H,13H2,1-3H3. The summed E-state index contributed by atoms with van der Waals surface area (Å²) in [6.07, 6.45) is 0. The number of anilines is 2. The SMILES string of the molecule is Cc1ccc(S(=O)(=O)Nc2onc(C)c2C)c(N)c1. The van der Waals surface area contributed by atoms with Gasteiger partial charge in [0.2, 0.25) is 5.88 Å². The van der Waals surface area contributed by atoms with Gasteiger partial charge in [-0.2, -0.15) is 0 Å². The fourth-order valence-electron chi connectivity index (χ4n) is 1.60. The van der Waals surface area contributed by atoms with Crippen molar-refractivity contribution in [3.8, 4) is 0 Å². The molecule has 0 amide bonds. The quantitative estimate of drug-likeness (QED) is 0.838. The maximum atomic E-state index is 12.2. The van der Waals surface area contributed by atoms with Gasteiger partial charge in [-0.1, -0.05) is 11.2 Å². The molecule has 1 heterocycles. The number of nitrogens with two attached hydrogens (primary N) is 1. The van der Waals surface area contributed by atoms with Crippen molar-refractivity contribution in [2.45, 2.75) is 25.7 Å². The van der Waals surface area contributed by atoms with Crippen LogP contribution in [0.2, 0.25) is 0 Å². The number of aryl methyl sites for hydroxylation is 2. The van der Waals surface area contributed by atoms with Gasteiger partial charge in [0.25, 0.3) is 10.0 Å². The predicted octanol–water partition coefficient (Wildman–Crippen LogP) is 1.98. The van der Waals surface area contributed by atoms with Crippen molar-refractivity contribution >= 4 is 21.6 Å². The van der Waals surface area contributed by atoms with E-state index in [-0.39, 0.29) is 16.5 Å². The van der Waals surface area contributed by atoms with E-state index in [2.05, 4.69) is 9.88 Å². The van der Waals surface area contributed by atoms with E-state index in [1.807, 2.05) is 6.92 Å². The molecule has 2 rings (SSSR count). The van der Waals surface area contributed by atoms with E-state index in [1.54, 1.807) is 26.0 Å². The van der Waals surface area contributed by atoms with Crippen molar-refractivity contribution in [1.82, 2.24) is 5.16 Å². The van der Waals surface area contributed by atoms with E-state index >= 15 is 0 Å². The number of aromatic nitrogens is 1. The van der Waals surface area contributed by atoms with Crippen LogP contribution in [-0.4, -0.2) is 13.6 Å². The Morgan fingerprint density at radius 3 is 2.47 bits per heavy atom. The van der Waals surface area contributed by atoms with Crippen LogP contribution >= 0.6 is 0 Å². The summed E-state index contributed by atoms with van der Waals surface area (Å²) in [4.78, 5) is 0.0200. The van der Waals surface area contributed by atoms with E-state index in [4.69, 9.17) is 10.3 Å². The number of nitrogen functional groups attached to an aromatic ring is 1. The molecule has 0 aliphatic rings. The van der Waals surface area contributed by atoms with Crippen LogP contribution in [0.15, 0.2) is 27.6 Å².